The number of piperazine rings is 1. The quantitative estimate of drug-likeness (QED) is 0.512. The van der Waals surface area contributed by atoms with E-state index >= 15 is 0 Å². The van der Waals surface area contributed by atoms with Crippen LogP contribution in [0.25, 0.3) is 10.2 Å². The number of fused-ring (bicyclic) bond motifs is 1. The highest BCUT2D eigenvalue weighted by Gasteiger charge is 2.25. The molecule has 2 amide bonds. The Bertz CT molecular complexity index is 1110. The van der Waals surface area contributed by atoms with E-state index in [1.54, 1.807) is 7.11 Å². The van der Waals surface area contributed by atoms with Gasteiger partial charge >= 0.3 is 0 Å². The summed E-state index contributed by atoms with van der Waals surface area (Å²) < 4.78 is 6.95. The molecular weight excluding hydrogens is 438 g/mol. The lowest BCUT2D eigenvalue weighted by Crippen LogP contribution is -2.51. The minimum absolute atomic E-state index is 0.00932. The molecule has 0 saturated carbocycles. The molecule has 3 aromatic rings. The van der Waals surface area contributed by atoms with Gasteiger partial charge in [-0.15, -0.1) is 11.3 Å². The summed E-state index contributed by atoms with van der Waals surface area (Å²) in [7, 11) is 1.61. The number of rotatable bonds is 8. The molecule has 1 aromatic carbocycles. The highest BCUT2D eigenvalue weighted by molar-refractivity contribution is 7.20. The molecule has 1 aliphatic rings. The number of aryl methyl sites for hydroxylation is 2. The Morgan fingerprint density at radius 1 is 1.12 bits per heavy atom. The van der Waals surface area contributed by atoms with E-state index in [4.69, 9.17) is 9.84 Å². The second-order valence-electron chi connectivity index (χ2n) is 8.47. The molecule has 33 heavy (non-hydrogen) atoms. The summed E-state index contributed by atoms with van der Waals surface area (Å²) in [6, 6.07) is 10.4. The Labute approximate surface area is 198 Å². The lowest BCUT2D eigenvalue weighted by Gasteiger charge is -2.34. The van der Waals surface area contributed by atoms with Crippen molar-refractivity contribution in [2.75, 3.05) is 53.0 Å². The minimum Gasteiger partial charge on any atom is -0.383 e. The van der Waals surface area contributed by atoms with Crippen molar-refractivity contribution in [3.8, 4) is 0 Å². The molecule has 0 aliphatic carbocycles. The Hall–Kier alpha value is -2.75. The number of methoxy groups -OCH3 is 1. The van der Waals surface area contributed by atoms with Crippen molar-refractivity contribution in [1.29, 1.82) is 0 Å². The van der Waals surface area contributed by atoms with Crippen molar-refractivity contribution in [3.05, 3.63) is 52.0 Å². The number of hydrogen-bond donors (Lipinski definition) is 1. The Morgan fingerprint density at radius 2 is 1.85 bits per heavy atom. The average molecular weight is 470 g/mol. The summed E-state index contributed by atoms with van der Waals surface area (Å²) in [5, 5.41) is 8.58. The lowest BCUT2D eigenvalue weighted by atomic mass is 10.1. The predicted octanol–water partition coefficient (Wildman–Crippen LogP) is 2.28. The van der Waals surface area contributed by atoms with E-state index in [0.717, 1.165) is 20.8 Å². The molecule has 1 aliphatic heterocycles. The number of aromatic nitrogens is 2. The molecule has 2 aromatic heterocycles. The standard InChI is InChI=1S/C24H31N5O3S/c1-17-4-6-19(7-5-17)15-29-24-20(18(2)26-29)14-21(33-24)23(31)28-11-9-27(10-12-28)16-22(30)25-8-13-32-3/h4-7,14H,8-13,15-16H2,1-3H3,(H,25,30). The second-order valence-corrected chi connectivity index (χ2v) is 9.50. The Kier molecular flexibility index (Phi) is 7.42. The van der Waals surface area contributed by atoms with E-state index in [1.807, 2.05) is 22.6 Å². The number of nitrogens with zero attached hydrogens (tertiary/aromatic N) is 4. The van der Waals surface area contributed by atoms with E-state index in [-0.39, 0.29) is 11.8 Å². The molecule has 8 nitrogen and oxygen atoms in total. The highest BCUT2D eigenvalue weighted by atomic mass is 32.1. The van der Waals surface area contributed by atoms with Gasteiger partial charge in [-0.05, 0) is 25.5 Å². The first-order chi connectivity index (χ1) is 15.9. The van der Waals surface area contributed by atoms with Gasteiger partial charge in [-0.1, -0.05) is 29.8 Å². The van der Waals surface area contributed by atoms with E-state index < -0.39 is 0 Å². The molecular formula is C24H31N5O3S. The van der Waals surface area contributed by atoms with Gasteiger partial charge in [0.05, 0.1) is 30.3 Å². The van der Waals surface area contributed by atoms with Crippen molar-refractivity contribution in [3.63, 3.8) is 0 Å². The number of benzene rings is 1. The van der Waals surface area contributed by atoms with Crippen LogP contribution in [0.5, 0.6) is 0 Å². The first-order valence-corrected chi connectivity index (χ1v) is 12.1. The summed E-state index contributed by atoms with van der Waals surface area (Å²) in [6.07, 6.45) is 0. The third-order valence-electron chi connectivity index (χ3n) is 5.93. The summed E-state index contributed by atoms with van der Waals surface area (Å²) in [6.45, 7) is 8.74. The maximum atomic E-state index is 13.2. The number of amides is 2. The van der Waals surface area contributed by atoms with Gasteiger partial charge in [-0.3, -0.25) is 19.2 Å². The van der Waals surface area contributed by atoms with Crippen LogP contribution in [0.2, 0.25) is 0 Å². The van der Waals surface area contributed by atoms with Crippen LogP contribution in [-0.2, 0) is 16.1 Å². The smallest absolute Gasteiger partial charge is 0.264 e. The van der Waals surface area contributed by atoms with Crippen LogP contribution in [0.3, 0.4) is 0 Å². The van der Waals surface area contributed by atoms with E-state index in [9.17, 15) is 9.59 Å². The van der Waals surface area contributed by atoms with Crippen molar-refractivity contribution in [2.45, 2.75) is 20.4 Å². The van der Waals surface area contributed by atoms with Crippen LogP contribution in [0.4, 0.5) is 0 Å². The first-order valence-electron chi connectivity index (χ1n) is 11.2. The van der Waals surface area contributed by atoms with Crippen LogP contribution in [0.15, 0.2) is 30.3 Å². The number of carbonyl (C=O) groups excluding carboxylic acids is 2. The fourth-order valence-corrected chi connectivity index (χ4v) is 5.14. The Morgan fingerprint density at radius 3 is 2.55 bits per heavy atom. The van der Waals surface area contributed by atoms with Crippen molar-refractivity contribution >= 4 is 33.4 Å². The fraction of sp³-hybridized carbons (Fsp3) is 0.458. The largest absolute Gasteiger partial charge is 0.383 e. The first kappa shape index (κ1) is 23.4. The zero-order valence-electron chi connectivity index (χ0n) is 19.5. The summed E-state index contributed by atoms with van der Waals surface area (Å²) in [4.78, 5) is 30.9. The summed E-state index contributed by atoms with van der Waals surface area (Å²) in [5.41, 5.74) is 3.36. The SMILES string of the molecule is COCCNC(=O)CN1CCN(C(=O)c2cc3c(C)nn(Cc4ccc(C)cc4)c3s2)CC1. The Balaban J connectivity index is 1.38. The molecule has 0 radical (unpaired) electrons. The van der Waals surface area contributed by atoms with Gasteiger partial charge in [-0.25, -0.2) is 0 Å². The third kappa shape index (κ3) is 5.61. The van der Waals surface area contributed by atoms with E-state index in [2.05, 4.69) is 41.4 Å². The number of hydrogen-bond acceptors (Lipinski definition) is 6. The predicted molar refractivity (Wildman–Crippen MR) is 130 cm³/mol. The van der Waals surface area contributed by atoms with Crippen LogP contribution >= 0.6 is 11.3 Å². The van der Waals surface area contributed by atoms with Crippen LogP contribution < -0.4 is 5.32 Å². The molecule has 1 fully saturated rings. The van der Waals surface area contributed by atoms with Gasteiger partial charge in [0.1, 0.15) is 4.83 Å². The third-order valence-corrected chi connectivity index (χ3v) is 7.06. The van der Waals surface area contributed by atoms with Crippen LogP contribution in [0.1, 0.15) is 26.5 Å². The summed E-state index contributed by atoms with van der Waals surface area (Å²) >= 11 is 1.51. The monoisotopic (exact) mass is 469 g/mol. The number of nitrogens with one attached hydrogen (secondary N) is 1. The molecule has 176 valence electrons. The van der Waals surface area contributed by atoms with Gasteiger partial charge in [0.15, 0.2) is 0 Å². The molecule has 4 rings (SSSR count). The number of thiophene rings is 1. The molecule has 0 bridgehead atoms. The molecule has 0 spiro atoms. The molecule has 9 heteroatoms. The van der Waals surface area contributed by atoms with Crippen LogP contribution in [0, 0.1) is 13.8 Å². The molecule has 1 N–H and O–H groups in total. The van der Waals surface area contributed by atoms with Crippen molar-refractivity contribution in [2.24, 2.45) is 0 Å². The lowest BCUT2D eigenvalue weighted by molar-refractivity contribution is -0.122. The number of ether oxygens (including phenoxy) is 1. The molecule has 3 heterocycles. The maximum Gasteiger partial charge on any atom is 0.264 e. The van der Waals surface area contributed by atoms with Crippen LogP contribution in [-0.4, -0.2) is 84.4 Å². The molecule has 0 unspecified atom stereocenters. The minimum atomic E-state index is -0.00932. The zero-order chi connectivity index (χ0) is 23.4. The topological polar surface area (TPSA) is 79.7 Å². The second kappa shape index (κ2) is 10.5. The van der Waals surface area contributed by atoms with E-state index in [1.165, 1.54) is 22.5 Å². The number of carbonyl (C=O) groups is 2. The maximum absolute atomic E-state index is 13.2. The van der Waals surface area contributed by atoms with Gasteiger partial charge in [0, 0.05) is 45.2 Å². The fourth-order valence-electron chi connectivity index (χ4n) is 4.01. The zero-order valence-corrected chi connectivity index (χ0v) is 20.3. The summed E-state index contributed by atoms with van der Waals surface area (Å²) in [5.74, 6) is 0.0478. The normalized spacial score (nSPS) is 14.7. The van der Waals surface area contributed by atoms with Gasteiger partial charge in [-0.2, -0.15) is 5.10 Å². The van der Waals surface area contributed by atoms with Gasteiger partial charge in [0.25, 0.3) is 5.91 Å². The average Bonchev–Trinajstić information content (AvgIpc) is 3.37. The van der Waals surface area contributed by atoms with Gasteiger partial charge < -0.3 is 15.0 Å². The molecule has 1 saturated heterocycles. The van der Waals surface area contributed by atoms with Crippen molar-refractivity contribution < 1.29 is 14.3 Å². The highest BCUT2D eigenvalue weighted by Crippen LogP contribution is 2.30. The van der Waals surface area contributed by atoms with Crippen molar-refractivity contribution in [1.82, 2.24) is 24.9 Å². The van der Waals surface area contributed by atoms with Gasteiger partial charge in [0.2, 0.25) is 5.91 Å². The van der Waals surface area contributed by atoms with E-state index in [0.29, 0.717) is 52.4 Å². The molecule has 0 atom stereocenters.